The predicted molar refractivity (Wildman–Crippen MR) is 74.0 cm³/mol. The molecule has 0 spiro atoms. The van der Waals surface area contributed by atoms with E-state index in [0.29, 0.717) is 17.9 Å². The van der Waals surface area contributed by atoms with Crippen LogP contribution in [-0.2, 0) is 0 Å². The lowest BCUT2D eigenvalue weighted by molar-refractivity contribution is -0.569. The van der Waals surface area contributed by atoms with Gasteiger partial charge in [0.05, 0.1) is 13.0 Å². The fourth-order valence-electron chi connectivity index (χ4n) is 4.23. The lowest BCUT2D eigenvalue weighted by Crippen LogP contribution is -2.37. The molecule has 2 aliphatic carbocycles. The number of hydrogen-bond acceptors (Lipinski definition) is 3. The summed E-state index contributed by atoms with van der Waals surface area (Å²) in [4.78, 5) is 0. The van der Waals surface area contributed by atoms with Gasteiger partial charge in [-0.15, -0.1) is 0 Å². The van der Waals surface area contributed by atoms with Gasteiger partial charge in [0.1, 0.15) is 5.75 Å². The Morgan fingerprint density at radius 1 is 1.35 bits per heavy atom. The van der Waals surface area contributed by atoms with Gasteiger partial charge in [0.2, 0.25) is 6.21 Å². The van der Waals surface area contributed by atoms with Crippen LogP contribution in [0.15, 0.2) is 29.4 Å². The molecule has 4 unspecified atom stereocenters. The zero-order valence-corrected chi connectivity index (χ0v) is 11.5. The Bertz CT molecular complexity index is 608. The van der Waals surface area contributed by atoms with E-state index in [4.69, 9.17) is 4.74 Å². The van der Waals surface area contributed by atoms with Crippen molar-refractivity contribution >= 4 is 12.1 Å². The molecule has 0 N–H and O–H groups in total. The minimum absolute atomic E-state index is 0.0846. The van der Waals surface area contributed by atoms with Crippen molar-refractivity contribution in [3.05, 3.63) is 29.8 Å². The van der Waals surface area contributed by atoms with Gasteiger partial charge in [-0.1, -0.05) is 10.8 Å². The number of hydrogen-bond donors (Lipinski definition) is 0. The molecule has 20 heavy (non-hydrogen) atoms. The second-order valence-electron chi connectivity index (χ2n) is 6.07. The summed E-state index contributed by atoms with van der Waals surface area (Å²) < 4.78 is 7.16. The Balaban J connectivity index is 1.69. The summed E-state index contributed by atoms with van der Waals surface area (Å²) in [6, 6.07) is 8.17. The number of fused-ring (bicyclic) bond motifs is 5. The molecule has 2 saturated carbocycles. The average molecular weight is 270 g/mol. The van der Waals surface area contributed by atoms with E-state index in [9.17, 15) is 5.11 Å². The summed E-state index contributed by atoms with van der Waals surface area (Å²) in [5.74, 6) is 2.28. The molecular formula is C16H18N2O2. The summed E-state index contributed by atoms with van der Waals surface area (Å²) >= 11 is 0. The van der Waals surface area contributed by atoms with Crippen molar-refractivity contribution in [1.82, 2.24) is 0 Å². The number of rotatable bonds is 2. The van der Waals surface area contributed by atoms with Crippen LogP contribution in [0.1, 0.15) is 24.8 Å². The van der Waals surface area contributed by atoms with E-state index in [1.165, 1.54) is 19.3 Å². The molecule has 1 heterocycles. The van der Waals surface area contributed by atoms with Gasteiger partial charge in [0.25, 0.3) is 0 Å². The van der Waals surface area contributed by atoms with Crippen molar-refractivity contribution in [3.63, 3.8) is 0 Å². The molecule has 4 heteroatoms. The SMILES string of the molecule is COc1cccc(/C=[N+]2/N=C([O-])C3C4CCC(C4)C32)c1. The predicted octanol–water partition coefficient (Wildman–Crippen LogP) is 1.23. The van der Waals surface area contributed by atoms with Crippen molar-refractivity contribution in [2.75, 3.05) is 7.11 Å². The molecule has 0 saturated heterocycles. The Kier molecular flexibility index (Phi) is 2.59. The smallest absolute Gasteiger partial charge is 0.203 e. The molecule has 2 fully saturated rings. The Morgan fingerprint density at radius 2 is 2.20 bits per heavy atom. The van der Waals surface area contributed by atoms with Crippen LogP contribution in [0.2, 0.25) is 0 Å². The van der Waals surface area contributed by atoms with E-state index in [1.54, 1.807) is 7.11 Å². The summed E-state index contributed by atoms with van der Waals surface area (Å²) in [5.41, 5.74) is 1.03. The van der Waals surface area contributed by atoms with Crippen LogP contribution >= 0.6 is 0 Å². The molecule has 4 atom stereocenters. The minimum Gasteiger partial charge on any atom is -0.857 e. The highest BCUT2D eigenvalue weighted by molar-refractivity contribution is 5.80. The first-order valence-corrected chi connectivity index (χ1v) is 7.29. The molecule has 4 rings (SSSR count). The van der Waals surface area contributed by atoms with Crippen LogP contribution in [0, 0.1) is 17.8 Å². The van der Waals surface area contributed by atoms with Gasteiger partial charge in [-0.05, 0) is 48.5 Å². The average Bonchev–Trinajstić information content (AvgIpc) is 3.14. The quantitative estimate of drug-likeness (QED) is 0.759. The highest BCUT2D eigenvalue weighted by Crippen LogP contribution is 2.51. The molecule has 104 valence electrons. The number of methoxy groups -OCH3 is 1. The fraction of sp³-hybridized carbons (Fsp3) is 0.500. The van der Waals surface area contributed by atoms with Crippen LogP contribution < -0.4 is 9.84 Å². The Morgan fingerprint density at radius 3 is 3.05 bits per heavy atom. The highest BCUT2D eigenvalue weighted by atomic mass is 16.5. The van der Waals surface area contributed by atoms with Gasteiger partial charge in [0, 0.05) is 17.4 Å². The summed E-state index contributed by atoms with van der Waals surface area (Å²) in [5, 5.41) is 16.4. The maximum atomic E-state index is 12.1. The van der Waals surface area contributed by atoms with E-state index in [1.807, 2.05) is 35.2 Å². The first-order valence-electron chi connectivity index (χ1n) is 7.29. The number of hydrazone groups is 1. The van der Waals surface area contributed by atoms with Crippen molar-refractivity contribution in [2.45, 2.75) is 25.3 Å². The van der Waals surface area contributed by atoms with Gasteiger partial charge in [-0.2, -0.15) is 0 Å². The molecule has 0 amide bonds. The third kappa shape index (κ3) is 1.67. The van der Waals surface area contributed by atoms with Crippen LogP contribution in [0.5, 0.6) is 5.75 Å². The van der Waals surface area contributed by atoms with E-state index in [2.05, 4.69) is 5.10 Å². The first-order chi connectivity index (χ1) is 9.76. The largest absolute Gasteiger partial charge is 0.857 e. The number of nitrogens with zero attached hydrogens (tertiary/aromatic N) is 2. The Labute approximate surface area is 118 Å². The molecule has 4 nitrogen and oxygen atoms in total. The molecule has 0 aromatic heterocycles. The van der Waals surface area contributed by atoms with Crippen LogP contribution in [0.25, 0.3) is 0 Å². The molecule has 1 aromatic rings. The van der Waals surface area contributed by atoms with Gasteiger partial charge in [0.15, 0.2) is 6.04 Å². The molecule has 0 radical (unpaired) electrons. The molecule has 1 aliphatic heterocycles. The fourth-order valence-corrected chi connectivity index (χ4v) is 4.23. The van der Waals surface area contributed by atoms with Gasteiger partial charge in [-0.3, -0.25) is 0 Å². The lowest BCUT2D eigenvalue weighted by Gasteiger charge is -2.22. The van der Waals surface area contributed by atoms with Crippen LogP contribution in [0.4, 0.5) is 0 Å². The number of benzene rings is 1. The molecule has 2 bridgehead atoms. The zero-order valence-electron chi connectivity index (χ0n) is 11.5. The highest BCUT2D eigenvalue weighted by Gasteiger charge is 2.57. The monoisotopic (exact) mass is 270 g/mol. The lowest BCUT2D eigenvalue weighted by atomic mass is 9.85. The van der Waals surface area contributed by atoms with Gasteiger partial charge < -0.3 is 9.84 Å². The third-order valence-electron chi connectivity index (χ3n) is 5.05. The maximum absolute atomic E-state index is 12.1. The van der Waals surface area contributed by atoms with Crippen molar-refractivity contribution in [2.24, 2.45) is 22.9 Å². The topological polar surface area (TPSA) is 47.7 Å². The minimum atomic E-state index is 0.0846. The van der Waals surface area contributed by atoms with E-state index < -0.39 is 0 Å². The second-order valence-corrected chi connectivity index (χ2v) is 6.07. The van der Waals surface area contributed by atoms with E-state index >= 15 is 0 Å². The number of ether oxygens (including phenoxy) is 1. The van der Waals surface area contributed by atoms with E-state index in [-0.39, 0.29) is 11.8 Å². The summed E-state index contributed by atoms with van der Waals surface area (Å²) in [6.45, 7) is 0. The van der Waals surface area contributed by atoms with Crippen LogP contribution in [0.3, 0.4) is 0 Å². The van der Waals surface area contributed by atoms with Gasteiger partial charge in [-0.25, -0.2) is 0 Å². The molecular weight excluding hydrogens is 252 g/mol. The Hall–Kier alpha value is -1.84. The second kappa shape index (κ2) is 4.33. The molecule has 3 aliphatic rings. The normalized spacial score (nSPS) is 36.2. The third-order valence-corrected chi connectivity index (χ3v) is 5.05. The first kappa shape index (κ1) is 11.9. The standard InChI is InChI=1S/C16H18N2O2/c1-20-13-4-2-3-10(7-13)9-18-15-12-6-5-11(8-12)14(15)16(19)17-18/h2-4,7,9,11-12,14-15H,5-6,8H2,1H3/b18-9+. The van der Waals surface area contributed by atoms with Crippen molar-refractivity contribution in [3.8, 4) is 5.75 Å². The zero-order chi connectivity index (χ0) is 13.7. The van der Waals surface area contributed by atoms with Crippen LogP contribution in [-0.4, -0.2) is 29.9 Å². The van der Waals surface area contributed by atoms with Crippen molar-refractivity contribution in [1.29, 1.82) is 0 Å². The maximum Gasteiger partial charge on any atom is 0.203 e. The van der Waals surface area contributed by atoms with Crippen molar-refractivity contribution < 1.29 is 14.5 Å². The van der Waals surface area contributed by atoms with E-state index in [0.717, 1.165) is 11.3 Å². The summed E-state index contributed by atoms with van der Waals surface area (Å²) in [6.07, 6.45) is 5.65. The summed E-state index contributed by atoms with van der Waals surface area (Å²) in [7, 11) is 1.66. The van der Waals surface area contributed by atoms with Gasteiger partial charge >= 0.3 is 0 Å². The molecule has 1 aromatic carbocycles.